The van der Waals surface area contributed by atoms with Gasteiger partial charge in [0.2, 0.25) is 0 Å². The number of aliphatic carboxylic acids is 1. The van der Waals surface area contributed by atoms with Crippen molar-refractivity contribution in [2.45, 2.75) is 25.7 Å². The van der Waals surface area contributed by atoms with E-state index < -0.39 is 11.9 Å². The molecule has 1 heterocycles. The lowest BCUT2D eigenvalue weighted by molar-refractivity contribution is -0.140. The van der Waals surface area contributed by atoms with Crippen LogP contribution in [0.5, 0.6) is 5.75 Å². The van der Waals surface area contributed by atoms with E-state index in [-0.39, 0.29) is 18.6 Å². The summed E-state index contributed by atoms with van der Waals surface area (Å²) in [4.78, 5) is 28.6. The summed E-state index contributed by atoms with van der Waals surface area (Å²) in [5, 5.41) is 12.7. The number of benzene rings is 2. The molecule has 2 aromatic carbocycles. The van der Waals surface area contributed by atoms with E-state index in [0.717, 1.165) is 16.3 Å². The third-order valence-corrected chi connectivity index (χ3v) is 5.54. The van der Waals surface area contributed by atoms with E-state index in [4.69, 9.17) is 16.3 Å². The molecule has 0 saturated carbocycles. The Morgan fingerprint density at radius 1 is 1.14 bits per heavy atom. The minimum atomic E-state index is -1.03. The Morgan fingerprint density at radius 3 is 2.45 bits per heavy atom. The van der Waals surface area contributed by atoms with E-state index in [1.807, 2.05) is 36.6 Å². The maximum absolute atomic E-state index is 12.5. The van der Waals surface area contributed by atoms with Crippen LogP contribution in [0.1, 0.15) is 30.5 Å². The van der Waals surface area contributed by atoms with Crippen LogP contribution in [0.25, 0.3) is 10.6 Å². The van der Waals surface area contributed by atoms with Gasteiger partial charge >= 0.3 is 5.97 Å². The number of carbonyl (C=O) groups excluding carboxylic acids is 1. The molecule has 0 aliphatic heterocycles. The number of nitrogens with zero attached hydrogens (tertiary/aromatic N) is 1. The highest BCUT2D eigenvalue weighted by Gasteiger charge is 2.23. The number of hydrogen-bond acceptors (Lipinski definition) is 5. The molecule has 1 unspecified atom stereocenters. The van der Waals surface area contributed by atoms with Gasteiger partial charge in [0.25, 0.3) is 0 Å². The molecule has 0 spiro atoms. The summed E-state index contributed by atoms with van der Waals surface area (Å²) >= 11 is 7.31. The lowest BCUT2D eigenvalue weighted by Crippen LogP contribution is -2.17. The van der Waals surface area contributed by atoms with Gasteiger partial charge < -0.3 is 9.84 Å². The Balaban J connectivity index is 1.66. The van der Waals surface area contributed by atoms with Crippen LogP contribution in [-0.2, 0) is 16.0 Å². The van der Waals surface area contributed by atoms with Gasteiger partial charge in [0.15, 0.2) is 0 Å². The Bertz CT molecular complexity index is 983. The molecule has 5 nitrogen and oxygen atoms in total. The Hall–Kier alpha value is -2.70. The number of halogens is 1. The van der Waals surface area contributed by atoms with Crippen molar-refractivity contribution < 1.29 is 19.4 Å². The number of carboxylic acids is 1. The largest absolute Gasteiger partial charge is 0.494 e. The lowest BCUT2D eigenvalue weighted by atomic mass is 9.93. The molecular weight excluding hydrogens is 410 g/mol. The molecule has 3 rings (SSSR count). The molecule has 1 atom stereocenters. The molecule has 0 bridgehead atoms. The van der Waals surface area contributed by atoms with E-state index in [9.17, 15) is 14.7 Å². The highest BCUT2D eigenvalue weighted by Crippen LogP contribution is 2.27. The van der Waals surface area contributed by atoms with Crippen molar-refractivity contribution >= 4 is 34.7 Å². The van der Waals surface area contributed by atoms with Gasteiger partial charge in [-0.1, -0.05) is 23.7 Å². The summed E-state index contributed by atoms with van der Waals surface area (Å²) in [5.74, 6) is -1.31. The quantitative estimate of drug-likeness (QED) is 0.503. The van der Waals surface area contributed by atoms with Crippen LogP contribution in [-0.4, -0.2) is 28.4 Å². The minimum Gasteiger partial charge on any atom is -0.494 e. The second-order valence-corrected chi connectivity index (χ2v) is 7.76. The number of ether oxygens (including phenoxy) is 1. The molecule has 0 aliphatic rings. The number of thiazole rings is 1. The van der Waals surface area contributed by atoms with Crippen LogP contribution in [0.3, 0.4) is 0 Å². The predicted molar refractivity (Wildman–Crippen MR) is 114 cm³/mol. The van der Waals surface area contributed by atoms with Crippen LogP contribution in [0.15, 0.2) is 53.9 Å². The van der Waals surface area contributed by atoms with Crippen LogP contribution in [0.2, 0.25) is 5.02 Å². The molecule has 0 saturated heterocycles. The first-order valence-corrected chi connectivity index (χ1v) is 10.4. The zero-order valence-corrected chi connectivity index (χ0v) is 17.4. The fourth-order valence-electron chi connectivity index (χ4n) is 2.93. The number of carbonyl (C=O) groups is 2. The predicted octanol–water partition coefficient (Wildman–Crippen LogP) is 5.23. The van der Waals surface area contributed by atoms with Crippen LogP contribution >= 0.6 is 22.9 Å². The number of Topliss-reactive ketones (excluding diaryl/α,β-unsaturated/α-hetero) is 1. The first-order valence-electron chi connectivity index (χ1n) is 9.14. The second-order valence-electron chi connectivity index (χ2n) is 6.46. The van der Waals surface area contributed by atoms with Gasteiger partial charge in [-0.15, -0.1) is 11.3 Å². The maximum atomic E-state index is 12.5. The normalized spacial score (nSPS) is 11.8. The SMILES string of the molecule is CCOc1ccc(-c2nc(CC(=O)CC(C(=O)O)c3ccc(Cl)cc3)cs2)cc1. The van der Waals surface area contributed by atoms with Gasteiger partial charge in [-0.05, 0) is 48.9 Å². The zero-order valence-electron chi connectivity index (χ0n) is 15.8. The number of hydrogen-bond donors (Lipinski definition) is 1. The van der Waals surface area contributed by atoms with Gasteiger partial charge in [-0.2, -0.15) is 0 Å². The molecule has 29 heavy (non-hydrogen) atoms. The summed E-state index contributed by atoms with van der Waals surface area (Å²) in [7, 11) is 0. The molecule has 3 aromatic rings. The van der Waals surface area contributed by atoms with Crippen molar-refractivity contribution in [3.05, 3.63) is 70.2 Å². The molecule has 7 heteroatoms. The fourth-order valence-corrected chi connectivity index (χ4v) is 3.88. The monoisotopic (exact) mass is 429 g/mol. The molecule has 1 N–H and O–H groups in total. The van der Waals surface area contributed by atoms with E-state index in [0.29, 0.717) is 22.9 Å². The smallest absolute Gasteiger partial charge is 0.311 e. The molecular formula is C22H20ClNO4S. The Labute approximate surface area is 177 Å². The third-order valence-electron chi connectivity index (χ3n) is 4.34. The van der Waals surface area contributed by atoms with Gasteiger partial charge in [0, 0.05) is 28.8 Å². The van der Waals surface area contributed by atoms with Gasteiger partial charge in [0.05, 0.1) is 18.2 Å². The standard InChI is InChI=1S/C22H20ClNO4S/c1-2-28-19-9-5-15(6-10-19)21-24-17(13-29-21)11-18(25)12-20(22(26)27)14-3-7-16(23)8-4-14/h3-10,13,20H,2,11-12H2,1H3,(H,26,27). The summed E-state index contributed by atoms with van der Waals surface area (Å²) in [6, 6.07) is 14.2. The fraction of sp³-hybridized carbons (Fsp3) is 0.227. The molecule has 150 valence electrons. The van der Waals surface area contributed by atoms with Crippen molar-refractivity contribution in [1.82, 2.24) is 4.98 Å². The summed E-state index contributed by atoms with van der Waals surface area (Å²) in [5.41, 5.74) is 2.15. The number of aromatic nitrogens is 1. The van der Waals surface area contributed by atoms with E-state index in [1.165, 1.54) is 11.3 Å². The van der Waals surface area contributed by atoms with Crippen LogP contribution < -0.4 is 4.74 Å². The van der Waals surface area contributed by atoms with Crippen molar-refractivity contribution in [2.24, 2.45) is 0 Å². The Kier molecular flexibility index (Phi) is 7.01. The molecule has 0 aliphatic carbocycles. The van der Waals surface area contributed by atoms with Gasteiger partial charge in [-0.3, -0.25) is 9.59 Å². The van der Waals surface area contributed by atoms with E-state index in [1.54, 1.807) is 24.3 Å². The topological polar surface area (TPSA) is 76.5 Å². The maximum Gasteiger partial charge on any atom is 0.311 e. The second kappa shape index (κ2) is 9.67. The summed E-state index contributed by atoms with van der Waals surface area (Å²) in [6.07, 6.45) is 0.0117. The highest BCUT2D eigenvalue weighted by molar-refractivity contribution is 7.13. The van der Waals surface area contributed by atoms with Crippen molar-refractivity contribution in [3.8, 4) is 16.3 Å². The van der Waals surface area contributed by atoms with Gasteiger partial charge in [-0.25, -0.2) is 4.98 Å². The third kappa shape index (κ3) is 5.65. The number of rotatable bonds is 9. The van der Waals surface area contributed by atoms with Crippen molar-refractivity contribution in [3.63, 3.8) is 0 Å². The van der Waals surface area contributed by atoms with E-state index in [2.05, 4.69) is 4.98 Å². The van der Waals surface area contributed by atoms with Gasteiger partial charge in [0.1, 0.15) is 16.5 Å². The number of ketones is 1. The molecule has 0 fully saturated rings. The average Bonchev–Trinajstić information content (AvgIpc) is 3.16. The van der Waals surface area contributed by atoms with Crippen LogP contribution in [0, 0.1) is 0 Å². The van der Waals surface area contributed by atoms with Crippen LogP contribution in [0.4, 0.5) is 0 Å². The number of carboxylic acid groups (broad SMARTS) is 1. The molecule has 1 aromatic heterocycles. The first-order chi connectivity index (χ1) is 14.0. The molecule has 0 radical (unpaired) electrons. The highest BCUT2D eigenvalue weighted by atomic mass is 35.5. The Morgan fingerprint density at radius 2 is 1.83 bits per heavy atom. The van der Waals surface area contributed by atoms with Crippen molar-refractivity contribution in [2.75, 3.05) is 6.61 Å². The summed E-state index contributed by atoms with van der Waals surface area (Å²) in [6.45, 7) is 2.54. The molecule has 0 amide bonds. The van der Waals surface area contributed by atoms with E-state index >= 15 is 0 Å². The average molecular weight is 430 g/mol. The zero-order chi connectivity index (χ0) is 20.8. The first kappa shape index (κ1) is 21.0. The van der Waals surface area contributed by atoms with Crippen molar-refractivity contribution in [1.29, 1.82) is 0 Å². The summed E-state index contributed by atoms with van der Waals surface area (Å²) < 4.78 is 5.44. The lowest BCUT2D eigenvalue weighted by Gasteiger charge is -2.11. The minimum absolute atomic E-state index is 0.0904.